The van der Waals surface area contributed by atoms with Crippen molar-refractivity contribution in [2.24, 2.45) is 5.73 Å². The van der Waals surface area contributed by atoms with E-state index in [9.17, 15) is 0 Å². The third kappa shape index (κ3) is 3.46. The minimum Gasteiger partial charge on any atom is -0.497 e. The molecule has 2 N–H and O–H groups in total. The summed E-state index contributed by atoms with van der Waals surface area (Å²) in [5, 5.41) is 1.14. The third-order valence-corrected chi connectivity index (χ3v) is 4.45. The molecule has 2 aromatic carbocycles. The Bertz CT molecular complexity index is 789. The number of aryl methyl sites for hydroxylation is 1. The van der Waals surface area contributed by atoms with E-state index in [1.807, 2.05) is 30.3 Å². The highest BCUT2D eigenvalue weighted by atomic mass is 16.5. The lowest BCUT2D eigenvalue weighted by molar-refractivity contribution is 0.414. The molecule has 0 fully saturated rings. The van der Waals surface area contributed by atoms with Crippen molar-refractivity contribution in [3.8, 4) is 5.75 Å². The van der Waals surface area contributed by atoms with Crippen molar-refractivity contribution in [3.63, 3.8) is 0 Å². The van der Waals surface area contributed by atoms with E-state index in [2.05, 4.69) is 25.1 Å². The van der Waals surface area contributed by atoms with Gasteiger partial charge in [-0.2, -0.15) is 0 Å². The van der Waals surface area contributed by atoms with Gasteiger partial charge in [-0.05, 0) is 36.6 Å². The Morgan fingerprint density at radius 3 is 2.54 bits per heavy atom. The monoisotopic (exact) mass is 323 g/mol. The van der Waals surface area contributed by atoms with Gasteiger partial charge in [0.05, 0.1) is 7.11 Å². The number of unbranched alkanes of at least 4 members (excludes halogenated alkanes) is 1. The molecule has 0 aliphatic carbocycles. The standard InChI is InChI=1S/C21H25NO2/c1-3-4-8-20-21(17-7-5-6-9-19(17)24-20)18(22)14-15-10-12-16(23-2)13-11-15/h5-7,9-13,18H,3-4,8,14,22H2,1-2H3. The van der Waals surface area contributed by atoms with Crippen LogP contribution in [0.2, 0.25) is 0 Å². The van der Waals surface area contributed by atoms with Gasteiger partial charge in [-0.15, -0.1) is 0 Å². The molecule has 126 valence electrons. The second-order valence-electron chi connectivity index (χ2n) is 6.20. The summed E-state index contributed by atoms with van der Waals surface area (Å²) in [6, 6.07) is 16.2. The van der Waals surface area contributed by atoms with Crippen molar-refractivity contribution in [2.45, 2.75) is 38.6 Å². The summed E-state index contributed by atoms with van der Waals surface area (Å²) in [7, 11) is 1.68. The second-order valence-corrected chi connectivity index (χ2v) is 6.20. The second kappa shape index (κ2) is 7.54. The molecule has 3 aromatic rings. The van der Waals surface area contributed by atoms with E-state index in [1.54, 1.807) is 7.11 Å². The molecule has 3 rings (SSSR count). The van der Waals surface area contributed by atoms with Crippen molar-refractivity contribution >= 4 is 11.0 Å². The van der Waals surface area contributed by atoms with E-state index in [0.29, 0.717) is 0 Å². The lowest BCUT2D eigenvalue weighted by Gasteiger charge is -2.13. The molecule has 0 radical (unpaired) electrons. The maximum atomic E-state index is 6.59. The number of hydrogen-bond donors (Lipinski definition) is 1. The van der Waals surface area contributed by atoms with Crippen LogP contribution in [0.3, 0.4) is 0 Å². The summed E-state index contributed by atoms with van der Waals surface area (Å²) in [6.07, 6.45) is 3.98. The largest absolute Gasteiger partial charge is 0.497 e. The average molecular weight is 323 g/mol. The first kappa shape index (κ1) is 16.6. The van der Waals surface area contributed by atoms with Gasteiger partial charge < -0.3 is 14.9 Å². The number of para-hydroxylation sites is 1. The average Bonchev–Trinajstić information content (AvgIpc) is 2.99. The van der Waals surface area contributed by atoms with E-state index < -0.39 is 0 Å². The fraction of sp³-hybridized carbons (Fsp3) is 0.333. The zero-order valence-electron chi connectivity index (χ0n) is 14.4. The van der Waals surface area contributed by atoms with Crippen LogP contribution >= 0.6 is 0 Å². The molecular weight excluding hydrogens is 298 g/mol. The normalized spacial score (nSPS) is 12.5. The molecule has 0 bridgehead atoms. The van der Waals surface area contributed by atoms with Gasteiger partial charge >= 0.3 is 0 Å². The van der Waals surface area contributed by atoms with Crippen molar-refractivity contribution in [2.75, 3.05) is 7.11 Å². The highest BCUT2D eigenvalue weighted by Crippen LogP contribution is 2.32. The molecule has 0 saturated heterocycles. The van der Waals surface area contributed by atoms with Crippen LogP contribution in [-0.2, 0) is 12.8 Å². The molecule has 1 unspecified atom stereocenters. The van der Waals surface area contributed by atoms with Gasteiger partial charge in [-0.3, -0.25) is 0 Å². The first-order chi connectivity index (χ1) is 11.7. The molecule has 3 heteroatoms. The highest BCUT2D eigenvalue weighted by molar-refractivity contribution is 5.82. The number of furan rings is 1. The Labute approximate surface area is 143 Å². The Balaban J connectivity index is 1.90. The molecule has 3 nitrogen and oxygen atoms in total. The van der Waals surface area contributed by atoms with Crippen LogP contribution in [0.4, 0.5) is 0 Å². The number of fused-ring (bicyclic) bond motifs is 1. The summed E-state index contributed by atoms with van der Waals surface area (Å²) >= 11 is 0. The minimum atomic E-state index is -0.0751. The number of hydrogen-bond acceptors (Lipinski definition) is 3. The third-order valence-electron chi connectivity index (χ3n) is 4.45. The highest BCUT2D eigenvalue weighted by Gasteiger charge is 2.19. The van der Waals surface area contributed by atoms with E-state index in [4.69, 9.17) is 14.9 Å². The lowest BCUT2D eigenvalue weighted by atomic mass is 9.95. The predicted molar refractivity (Wildman–Crippen MR) is 98.5 cm³/mol. The van der Waals surface area contributed by atoms with Crippen molar-refractivity contribution < 1.29 is 9.15 Å². The van der Waals surface area contributed by atoms with E-state index in [0.717, 1.165) is 53.7 Å². The number of methoxy groups -OCH3 is 1. The van der Waals surface area contributed by atoms with Crippen molar-refractivity contribution in [1.82, 2.24) is 0 Å². The molecule has 0 spiro atoms. The van der Waals surface area contributed by atoms with E-state index >= 15 is 0 Å². The number of benzene rings is 2. The van der Waals surface area contributed by atoms with Crippen LogP contribution in [0.25, 0.3) is 11.0 Å². The first-order valence-electron chi connectivity index (χ1n) is 8.61. The molecule has 0 saturated carbocycles. The van der Waals surface area contributed by atoms with Crippen molar-refractivity contribution in [1.29, 1.82) is 0 Å². The summed E-state index contributed by atoms with van der Waals surface area (Å²) in [5.74, 6) is 1.91. The number of rotatable bonds is 7. The predicted octanol–water partition coefficient (Wildman–Crippen LogP) is 5.03. The van der Waals surface area contributed by atoms with Gasteiger partial charge in [-0.25, -0.2) is 0 Å². The van der Waals surface area contributed by atoms with Gasteiger partial charge in [0.15, 0.2) is 0 Å². The fourth-order valence-electron chi connectivity index (χ4n) is 3.16. The van der Waals surface area contributed by atoms with Crippen LogP contribution in [0.15, 0.2) is 52.9 Å². The SMILES string of the molecule is CCCCc1oc2ccccc2c1C(N)Cc1ccc(OC)cc1. The van der Waals surface area contributed by atoms with E-state index in [-0.39, 0.29) is 6.04 Å². The van der Waals surface area contributed by atoms with Crippen molar-refractivity contribution in [3.05, 3.63) is 65.4 Å². The lowest BCUT2D eigenvalue weighted by Crippen LogP contribution is -2.14. The molecule has 24 heavy (non-hydrogen) atoms. The molecule has 1 heterocycles. The van der Waals surface area contributed by atoms with E-state index in [1.165, 1.54) is 5.56 Å². The van der Waals surface area contributed by atoms with Crippen LogP contribution in [-0.4, -0.2) is 7.11 Å². The smallest absolute Gasteiger partial charge is 0.134 e. The quantitative estimate of drug-likeness (QED) is 0.663. The molecule has 1 aromatic heterocycles. The maximum Gasteiger partial charge on any atom is 0.134 e. The summed E-state index contributed by atoms with van der Waals surface area (Å²) < 4.78 is 11.3. The molecule has 0 amide bonds. The van der Waals surface area contributed by atoms with Gasteiger partial charge in [0.2, 0.25) is 0 Å². The fourth-order valence-corrected chi connectivity index (χ4v) is 3.16. The van der Waals surface area contributed by atoms with Crippen LogP contribution in [0.1, 0.15) is 42.7 Å². The number of nitrogens with two attached hydrogens (primary N) is 1. The maximum absolute atomic E-state index is 6.59. The molecule has 1 atom stereocenters. The Kier molecular flexibility index (Phi) is 5.21. The molecule has 0 aliphatic rings. The van der Waals surface area contributed by atoms with Crippen LogP contribution in [0.5, 0.6) is 5.75 Å². The van der Waals surface area contributed by atoms with Gasteiger partial charge in [0.25, 0.3) is 0 Å². The summed E-state index contributed by atoms with van der Waals surface area (Å²) in [6.45, 7) is 2.19. The zero-order valence-corrected chi connectivity index (χ0v) is 14.4. The van der Waals surface area contributed by atoms with Crippen LogP contribution in [0, 0.1) is 0 Å². The van der Waals surface area contributed by atoms with Gasteiger partial charge in [-0.1, -0.05) is 43.7 Å². The number of ether oxygens (including phenoxy) is 1. The molecule has 0 aliphatic heterocycles. The Morgan fingerprint density at radius 2 is 1.83 bits per heavy atom. The van der Waals surface area contributed by atoms with Gasteiger partial charge in [0.1, 0.15) is 17.1 Å². The first-order valence-corrected chi connectivity index (χ1v) is 8.61. The summed E-state index contributed by atoms with van der Waals surface area (Å²) in [5.41, 5.74) is 9.89. The Morgan fingerprint density at radius 1 is 1.08 bits per heavy atom. The topological polar surface area (TPSA) is 48.4 Å². The van der Waals surface area contributed by atoms with Gasteiger partial charge in [0, 0.05) is 23.4 Å². The molecular formula is C21H25NO2. The van der Waals surface area contributed by atoms with Crippen LogP contribution < -0.4 is 10.5 Å². The Hall–Kier alpha value is -2.26. The summed E-state index contributed by atoms with van der Waals surface area (Å²) in [4.78, 5) is 0. The zero-order chi connectivity index (χ0) is 16.9. The minimum absolute atomic E-state index is 0.0751.